The fourth-order valence-corrected chi connectivity index (χ4v) is 6.00. The van der Waals surface area contributed by atoms with Gasteiger partial charge < -0.3 is 10.0 Å². The van der Waals surface area contributed by atoms with Crippen LogP contribution in [0.1, 0.15) is 51.4 Å². The summed E-state index contributed by atoms with van der Waals surface area (Å²) in [6.07, 6.45) is 9.78. The number of aliphatic imine (C=N–C) groups is 1. The Labute approximate surface area is 163 Å². The molecule has 0 radical (unpaired) electrons. The summed E-state index contributed by atoms with van der Waals surface area (Å²) in [4.78, 5) is 3.84. The summed E-state index contributed by atoms with van der Waals surface area (Å²) in [5, 5.41) is 10.5. The minimum absolute atomic E-state index is 0.176. The highest BCUT2D eigenvalue weighted by Gasteiger charge is 2.52. The molecule has 27 heavy (non-hydrogen) atoms. The maximum absolute atomic E-state index is 12.9. The first-order valence-electron chi connectivity index (χ1n) is 9.55. The highest BCUT2D eigenvalue weighted by molar-refractivity contribution is 7.89. The van der Waals surface area contributed by atoms with Gasteiger partial charge in [-0.25, -0.2) is 14.3 Å². The summed E-state index contributed by atoms with van der Waals surface area (Å²) in [6.45, 7) is 8.45. The van der Waals surface area contributed by atoms with Gasteiger partial charge in [0.15, 0.2) is 0 Å². The molecule has 1 saturated carbocycles. The van der Waals surface area contributed by atoms with E-state index in [9.17, 15) is 13.7 Å². The molecule has 0 spiro atoms. The van der Waals surface area contributed by atoms with Crippen LogP contribution in [0, 0.1) is 11.3 Å². The summed E-state index contributed by atoms with van der Waals surface area (Å²) in [5.41, 5.74) is 0.258. The van der Waals surface area contributed by atoms with Gasteiger partial charge in [-0.15, -0.1) is 0 Å². The number of rotatable bonds is 10. The summed E-state index contributed by atoms with van der Waals surface area (Å²) >= 11 is 0. The molecular weight excluding hydrogens is 362 g/mol. The first-order chi connectivity index (χ1) is 12.9. The van der Waals surface area contributed by atoms with E-state index < -0.39 is 15.6 Å². The molecule has 2 fully saturated rings. The van der Waals surface area contributed by atoms with Crippen LogP contribution in [0.3, 0.4) is 0 Å². The van der Waals surface area contributed by atoms with E-state index in [0.717, 1.165) is 50.5 Å². The smallest absolute Gasteiger partial charge is 0.217 e. The predicted octanol–water partition coefficient (Wildman–Crippen LogP) is 2.34. The summed E-state index contributed by atoms with van der Waals surface area (Å²) < 4.78 is 27.2. The second kappa shape index (κ2) is 9.49. The Morgan fingerprint density at radius 3 is 2.59 bits per heavy atom. The molecule has 2 N–H and O–H groups in total. The third kappa shape index (κ3) is 4.98. The second-order valence-electron chi connectivity index (χ2n) is 7.50. The number of hydrogen-bond donors (Lipinski definition) is 1. The lowest BCUT2D eigenvalue weighted by Gasteiger charge is -2.53. The van der Waals surface area contributed by atoms with Gasteiger partial charge in [0.1, 0.15) is 0 Å². The normalized spacial score (nSPS) is 21.1. The van der Waals surface area contributed by atoms with E-state index in [1.165, 1.54) is 9.31 Å². The molecule has 1 aliphatic carbocycles. The third-order valence-corrected chi connectivity index (χ3v) is 7.87. The molecule has 2 aliphatic rings. The van der Waals surface area contributed by atoms with Crippen molar-refractivity contribution >= 4 is 16.7 Å². The lowest BCUT2D eigenvalue weighted by Crippen LogP contribution is -2.72. The van der Waals surface area contributed by atoms with E-state index in [-0.39, 0.29) is 24.8 Å². The fraction of sp³-hybridized carbons (Fsp3) is 0.684. The van der Waals surface area contributed by atoms with Crippen LogP contribution in [0.5, 0.6) is 0 Å². The molecule has 8 heteroatoms. The topological polar surface area (TPSA) is 103 Å². The van der Waals surface area contributed by atoms with E-state index in [2.05, 4.69) is 24.4 Å². The maximum atomic E-state index is 12.9. The average molecular weight is 394 g/mol. The number of allylic oxidation sites excluding steroid dienone is 2. The van der Waals surface area contributed by atoms with Gasteiger partial charge in [0, 0.05) is 25.8 Å². The highest BCUT2D eigenvalue weighted by Crippen LogP contribution is 2.36. The first kappa shape index (κ1) is 21.6. The molecule has 0 bridgehead atoms. The standard InChI is InChI=1S/C19H31N5O2S/c1-3-17(8-7-13-22-2)14-24(21)19(11-12-20)15-23(16-19)27(25,26)18-9-5-4-6-10-18/h3,14,18H,1-2,4-11,13,15-16,21H2/b17-14+. The molecule has 0 aromatic rings. The average Bonchev–Trinajstić information content (AvgIpc) is 2.64. The molecule has 0 unspecified atom stereocenters. The van der Waals surface area contributed by atoms with Crippen molar-refractivity contribution in [3.8, 4) is 6.07 Å². The van der Waals surface area contributed by atoms with Crippen LogP contribution in [0.4, 0.5) is 0 Å². The van der Waals surface area contributed by atoms with Gasteiger partial charge in [0.2, 0.25) is 10.0 Å². The van der Waals surface area contributed by atoms with E-state index in [4.69, 9.17) is 5.84 Å². The van der Waals surface area contributed by atoms with Gasteiger partial charge in [-0.1, -0.05) is 31.9 Å². The zero-order valence-corrected chi connectivity index (χ0v) is 16.8. The maximum Gasteiger partial charge on any atom is 0.217 e. The summed E-state index contributed by atoms with van der Waals surface area (Å²) in [5.74, 6) is 6.27. The Morgan fingerprint density at radius 2 is 2.04 bits per heavy atom. The van der Waals surface area contributed by atoms with Crippen molar-refractivity contribution in [2.24, 2.45) is 10.8 Å². The Morgan fingerprint density at radius 1 is 1.37 bits per heavy atom. The van der Waals surface area contributed by atoms with Crippen molar-refractivity contribution in [2.45, 2.75) is 62.2 Å². The van der Waals surface area contributed by atoms with Gasteiger partial charge in [0.25, 0.3) is 0 Å². The van der Waals surface area contributed by atoms with Crippen LogP contribution in [0.25, 0.3) is 0 Å². The molecule has 1 saturated heterocycles. The van der Waals surface area contributed by atoms with Gasteiger partial charge in [-0.3, -0.25) is 0 Å². The molecule has 0 amide bonds. The van der Waals surface area contributed by atoms with Crippen LogP contribution in [-0.2, 0) is 10.0 Å². The first-order valence-corrected chi connectivity index (χ1v) is 11.1. The number of nitrogens with two attached hydrogens (primary N) is 1. The zero-order chi connectivity index (χ0) is 19.9. The van der Waals surface area contributed by atoms with E-state index in [1.807, 2.05) is 0 Å². The number of nitriles is 1. The second-order valence-corrected chi connectivity index (χ2v) is 9.71. The van der Waals surface area contributed by atoms with Crippen LogP contribution in [-0.4, -0.2) is 54.9 Å². The molecule has 0 aromatic heterocycles. The number of sulfonamides is 1. The monoisotopic (exact) mass is 393 g/mol. The molecule has 0 atom stereocenters. The van der Waals surface area contributed by atoms with Gasteiger partial charge in [-0.05, 0) is 38.0 Å². The minimum atomic E-state index is -3.32. The lowest BCUT2D eigenvalue weighted by molar-refractivity contribution is 0.0213. The Hall–Kier alpha value is -1.69. The van der Waals surface area contributed by atoms with Crippen LogP contribution in [0.15, 0.2) is 29.4 Å². The quantitative estimate of drug-likeness (QED) is 0.202. The number of hydrazine groups is 1. The van der Waals surface area contributed by atoms with Gasteiger partial charge in [0.05, 0.1) is 23.3 Å². The molecule has 1 aliphatic heterocycles. The van der Waals surface area contributed by atoms with E-state index >= 15 is 0 Å². The van der Waals surface area contributed by atoms with Crippen molar-refractivity contribution < 1.29 is 8.42 Å². The van der Waals surface area contributed by atoms with Gasteiger partial charge in [-0.2, -0.15) is 9.57 Å². The zero-order valence-electron chi connectivity index (χ0n) is 16.0. The van der Waals surface area contributed by atoms with Crippen molar-refractivity contribution in [2.75, 3.05) is 19.6 Å². The van der Waals surface area contributed by atoms with Crippen LogP contribution < -0.4 is 5.84 Å². The summed E-state index contributed by atoms with van der Waals surface area (Å²) in [7, 11) is -3.32. The third-order valence-electron chi connectivity index (χ3n) is 5.58. The number of nitrogens with zero attached hydrogens (tertiary/aromatic N) is 4. The van der Waals surface area contributed by atoms with E-state index in [0.29, 0.717) is 6.54 Å². The largest absolute Gasteiger partial charge is 0.308 e. The number of hydrogen-bond acceptors (Lipinski definition) is 6. The Kier molecular flexibility index (Phi) is 7.59. The van der Waals surface area contributed by atoms with Crippen LogP contribution in [0.2, 0.25) is 0 Å². The SMILES string of the molecule is C=C/C(=C\N(N)C1(CC#N)CN(S(=O)(=O)C2CCCCC2)C1)CCCN=C. The lowest BCUT2D eigenvalue weighted by atomic mass is 9.88. The Balaban J connectivity index is 2.07. The van der Waals surface area contributed by atoms with Crippen LogP contribution >= 0.6 is 0 Å². The van der Waals surface area contributed by atoms with Crippen molar-refractivity contribution in [1.82, 2.24) is 9.31 Å². The highest BCUT2D eigenvalue weighted by atomic mass is 32.2. The summed E-state index contributed by atoms with van der Waals surface area (Å²) in [6, 6.07) is 2.16. The molecule has 1 heterocycles. The molecule has 0 aromatic carbocycles. The Bertz CT molecular complexity index is 698. The molecular formula is C19H31N5O2S. The molecule has 2 rings (SSSR count). The van der Waals surface area contributed by atoms with Crippen molar-refractivity contribution in [3.05, 3.63) is 24.4 Å². The van der Waals surface area contributed by atoms with Gasteiger partial charge >= 0.3 is 0 Å². The van der Waals surface area contributed by atoms with Crippen molar-refractivity contribution in [1.29, 1.82) is 5.26 Å². The van der Waals surface area contributed by atoms with E-state index in [1.54, 1.807) is 12.3 Å². The fourth-order valence-electron chi connectivity index (χ4n) is 3.81. The minimum Gasteiger partial charge on any atom is -0.308 e. The van der Waals surface area contributed by atoms with Crippen molar-refractivity contribution in [3.63, 3.8) is 0 Å². The predicted molar refractivity (Wildman–Crippen MR) is 108 cm³/mol. The molecule has 7 nitrogen and oxygen atoms in total. The molecule has 150 valence electrons.